The number of ether oxygens (including phenoxy) is 1. The molecule has 0 bridgehead atoms. The Morgan fingerprint density at radius 1 is 1.37 bits per heavy atom. The molecule has 0 radical (unpaired) electrons. The van der Waals surface area contributed by atoms with Crippen LogP contribution in [0.15, 0.2) is 23.1 Å². The zero-order chi connectivity index (χ0) is 14.6. The van der Waals surface area contributed by atoms with Gasteiger partial charge in [-0.25, -0.2) is 0 Å². The first-order valence-corrected chi connectivity index (χ1v) is 10.3. The van der Waals surface area contributed by atoms with E-state index >= 15 is 0 Å². The van der Waals surface area contributed by atoms with Crippen LogP contribution in [0.1, 0.15) is 19.4 Å². The van der Waals surface area contributed by atoms with Gasteiger partial charge in [0.25, 0.3) is 0 Å². The number of rotatable bonds is 5. The minimum absolute atomic E-state index is 0.0228. The van der Waals surface area contributed by atoms with E-state index in [1.54, 1.807) is 18.2 Å². The van der Waals surface area contributed by atoms with Crippen LogP contribution < -0.4 is 4.74 Å². The summed E-state index contributed by atoms with van der Waals surface area (Å²) in [6.07, 6.45) is 0.0228. The monoisotopic (exact) mass is 392 g/mol. The van der Waals surface area contributed by atoms with E-state index in [0.29, 0.717) is 5.75 Å². The summed E-state index contributed by atoms with van der Waals surface area (Å²) in [6, 6.07) is 4.83. The second kappa shape index (κ2) is 6.93. The van der Waals surface area contributed by atoms with Gasteiger partial charge in [-0.1, -0.05) is 0 Å². The topological polar surface area (TPSA) is 46.6 Å². The number of nitrogens with zero attached hydrogens (tertiary/aromatic N) is 1. The molecule has 109 valence electrons. The van der Waals surface area contributed by atoms with E-state index in [0.717, 1.165) is 5.56 Å². The van der Waals surface area contributed by atoms with Crippen molar-refractivity contribution in [3.8, 4) is 5.75 Å². The minimum atomic E-state index is -3.44. The van der Waals surface area contributed by atoms with Crippen LogP contribution in [0, 0.1) is 0 Å². The number of hydrogen-bond donors (Lipinski definition) is 0. The molecule has 0 aliphatic heterocycles. The maximum absolute atomic E-state index is 12.1. The molecular formula is C12H17ClNO3RuS. The fourth-order valence-corrected chi connectivity index (χ4v) is 3.41. The van der Waals surface area contributed by atoms with Crippen molar-refractivity contribution in [1.82, 2.24) is 4.31 Å². The second-order valence-electron chi connectivity index (χ2n) is 4.33. The molecule has 0 heterocycles. The summed E-state index contributed by atoms with van der Waals surface area (Å²) in [4.78, 5) is 0.241. The van der Waals surface area contributed by atoms with Gasteiger partial charge in [-0.2, -0.15) is 0 Å². The van der Waals surface area contributed by atoms with E-state index in [1.165, 1.54) is 18.4 Å². The molecule has 0 saturated heterocycles. The van der Waals surface area contributed by atoms with Crippen LogP contribution in [0.4, 0.5) is 0 Å². The molecule has 4 nitrogen and oxygen atoms in total. The molecule has 0 atom stereocenters. The Bertz CT molecular complexity index is 570. The molecule has 1 aromatic carbocycles. The van der Waals surface area contributed by atoms with E-state index in [9.17, 15) is 8.42 Å². The fraction of sp³-hybridized carbons (Fsp3) is 0.417. The molecule has 0 spiro atoms. The molecule has 0 fully saturated rings. The van der Waals surface area contributed by atoms with Crippen molar-refractivity contribution in [2.24, 2.45) is 0 Å². The molecule has 7 heteroatoms. The molecule has 0 aromatic heterocycles. The Morgan fingerprint density at radius 3 is 2.47 bits per heavy atom. The third-order valence-electron chi connectivity index (χ3n) is 2.27. The normalized spacial score (nSPS) is 13.0. The zero-order valence-electron chi connectivity index (χ0n) is 11.2. The number of benzene rings is 1. The van der Waals surface area contributed by atoms with Gasteiger partial charge < -0.3 is 0 Å². The summed E-state index contributed by atoms with van der Waals surface area (Å²) in [7, 11) is 5.36. The predicted octanol–water partition coefficient (Wildman–Crippen LogP) is 2.11. The summed E-state index contributed by atoms with van der Waals surface area (Å²) < 4.78 is 32.8. The number of hydrogen-bond acceptors (Lipinski definition) is 3. The van der Waals surface area contributed by atoms with Crippen LogP contribution in [0.5, 0.6) is 5.75 Å². The van der Waals surface area contributed by atoms with Crippen LogP contribution >= 0.6 is 9.69 Å². The van der Waals surface area contributed by atoms with Gasteiger partial charge >= 0.3 is 126 Å². The molecule has 0 amide bonds. The van der Waals surface area contributed by atoms with Crippen LogP contribution in [0.3, 0.4) is 0 Å². The molecule has 1 aromatic rings. The number of sulfonamides is 1. The molecule has 0 saturated carbocycles. The Morgan fingerprint density at radius 2 is 2.00 bits per heavy atom. The van der Waals surface area contributed by atoms with Gasteiger partial charge in [0.1, 0.15) is 0 Å². The van der Waals surface area contributed by atoms with Crippen LogP contribution in [0.2, 0.25) is 0 Å². The van der Waals surface area contributed by atoms with E-state index < -0.39 is 25.7 Å². The van der Waals surface area contributed by atoms with Gasteiger partial charge in [-0.15, -0.1) is 0 Å². The van der Waals surface area contributed by atoms with Gasteiger partial charge in [0, 0.05) is 0 Å². The SMILES string of the molecule is CC(C)Oc1ccc(S(=O)(=O)N(C)C)cc1[CH]=[Ru][Cl]. The molecule has 19 heavy (non-hydrogen) atoms. The van der Waals surface area contributed by atoms with Gasteiger partial charge in [0.05, 0.1) is 0 Å². The Balaban J connectivity index is 3.31. The van der Waals surface area contributed by atoms with E-state index in [1.807, 2.05) is 18.5 Å². The fourth-order valence-electron chi connectivity index (χ4n) is 1.38. The molecule has 0 aliphatic rings. The Labute approximate surface area is 125 Å². The first-order chi connectivity index (χ1) is 8.78. The standard InChI is InChI=1S/C12H17NO3S.ClH.Ru/c1-9(2)16-12-7-6-11(8-10(12)3)17(14,15)13(4)5;;/h3,6-9H,1-2,4-5H3;1H;/q;;+1/p-1. The van der Waals surface area contributed by atoms with Gasteiger partial charge in [-0.3, -0.25) is 0 Å². The zero-order valence-corrected chi connectivity index (χ0v) is 14.5. The van der Waals surface area contributed by atoms with Crippen LogP contribution in [-0.4, -0.2) is 37.5 Å². The number of halogens is 1. The molecule has 0 N–H and O–H groups in total. The third kappa shape index (κ3) is 4.35. The first kappa shape index (κ1) is 16.8. The molecule has 0 aliphatic carbocycles. The molecule has 1 rings (SSSR count). The van der Waals surface area contributed by atoms with Gasteiger partial charge in [0.2, 0.25) is 0 Å². The first-order valence-electron chi connectivity index (χ1n) is 5.57. The summed E-state index contributed by atoms with van der Waals surface area (Å²) in [5, 5.41) is 0. The Kier molecular flexibility index (Phi) is 6.12. The molecule has 0 unspecified atom stereocenters. The quantitative estimate of drug-likeness (QED) is 0.722. The van der Waals surface area contributed by atoms with E-state index in [-0.39, 0.29) is 11.0 Å². The van der Waals surface area contributed by atoms with Crippen molar-refractivity contribution in [1.29, 1.82) is 0 Å². The summed E-state index contributed by atoms with van der Waals surface area (Å²) in [5.74, 6) is 0.655. The average molecular weight is 392 g/mol. The van der Waals surface area contributed by atoms with Crippen LogP contribution in [0.25, 0.3) is 0 Å². The van der Waals surface area contributed by atoms with Crippen molar-refractivity contribution in [3.63, 3.8) is 0 Å². The predicted molar refractivity (Wildman–Crippen MR) is 74.1 cm³/mol. The Hall–Kier alpha value is -0.287. The van der Waals surface area contributed by atoms with E-state index in [2.05, 4.69) is 0 Å². The average Bonchev–Trinajstić information content (AvgIpc) is 2.30. The summed E-state index contributed by atoms with van der Waals surface area (Å²) in [6.45, 7) is 3.84. The van der Waals surface area contributed by atoms with Gasteiger partial charge in [-0.05, 0) is 0 Å². The summed E-state index contributed by atoms with van der Waals surface area (Å²) in [5.41, 5.74) is 0.727. The summed E-state index contributed by atoms with van der Waals surface area (Å²) >= 11 is -0.455. The second-order valence-corrected chi connectivity index (χ2v) is 8.28. The maximum atomic E-state index is 12.1. The molecular weight excluding hydrogens is 375 g/mol. The van der Waals surface area contributed by atoms with Crippen molar-refractivity contribution in [2.75, 3.05) is 14.1 Å². The van der Waals surface area contributed by atoms with Gasteiger partial charge in [0.15, 0.2) is 0 Å². The van der Waals surface area contributed by atoms with Crippen molar-refractivity contribution >= 4 is 24.3 Å². The van der Waals surface area contributed by atoms with Crippen molar-refractivity contribution in [2.45, 2.75) is 24.8 Å². The van der Waals surface area contributed by atoms with Crippen LogP contribution in [-0.2, 0) is 25.7 Å². The van der Waals surface area contributed by atoms with Crippen molar-refractivity contribution < 1.29 is 28.8 Å². The van der Waals surface area contributed by atoms with Crippen molar-refractivity contribution in [3.05, 3.63) is 23.8 Å². The third-order valence-corrected chi connectivity index (χ3v) is 5.27. The van der Waals surface area contributed by atoms with E-state index in [4.69, 9.17) is 14.4 Å².